The van der Waals surface area contributed by atoms with Crippen molar-refractivity contribution in [3.63, 3.8) is 0 Å². The first-order chi connectivity index (χ1) is 8.99. The third-order valence-corrected chi connectivity index (χ3v) is 3.50. The number of anilines is 1. The molecule has 2 heterocycles. The zero-order valence-electron chi connectivity index (χ0n) is 11.1. The summed E-state index contributed by atoms with van der Waals surface area (Å²) in [5.41, 5.74) is 0.849. The summed E-state index contributed by atoms with van der Waals surface area (Å²) in [4.78, 5) is 16.2. The fourth-order valence-corrected chi connectivity index (χ4v) is 1.85. The van der Waals surface area contributed by atoms with Crippen molar-refractivity contribution in [1.82, 2.24) is 19.9 Å². The minimum atomic E-state index is -0.383. The second kappa shape index (κ2) is 3.91. The van der Waals surface area contributed by atoms with E-state index in [-0.39, 0.29) is 17.1 Å². The van der Waals surface area contributed by atoms with Gasteiger partial charge in [0, 0.05) is 18.0 Å². The minimum Gasteiger partial charge on any atom is -0.338 e. The van der Waals surface area contributed by atoms with Crippen LogP contribution in [0.1, 0.15) is 41.8 Å². The van der Waals surface area contributed by atoms with Gasteiger partial charge in [0.25, 0.3) is 11.7 Å². The van der Waals surface area contributed by atoms with Crippen molar-refractivity contribution in [3.05, 3.63) is 23.5 Å². The molecule has 0 aromatic carbocycles. The molecule has 0 bridgehead atoms. The molecule has 1 saturated carbocycles. The number of hydrogen-bond acceptors (Lipinski definition) is 5. The molecule has 0 aliphatic heterocycles. The topological polar surface area (TPSA) is 85.8 Å². The van der Waals surface area contributed by atoms with E-state index in [1.54, 1.807) is 17.9 Å². The Labute approximate surface area is 110 Å². The summed E-state index contributed by atoms with van der Waals surface area (Å²) >= 11 is 0. The maximum atomic E-state index is 12.0. The number of amides is 1. The highest BCUT2D eigenvalue weighted by Crippen LogP contribution is 2.46. The Kier molecular flexibility index (Phi) is 2.44. The van der Waals surface area contributed by atoms with E-state index in [2.05, 4.69) is 20.6 Å². The summed E-state index contributed by atoms with van der Waals surface area (Å²) in [6.45, 7) is 3.92. The number of hydrogen-bond donors (Lipinski definition) is 1. The van der Waals surface area contributed by atoms with Crippen LogP contribution in [-0.4, -0.2) is 25.8 Å². The van der Waals surface area contributed by atoms with E-state index in [1.807, 2.05) is 13.8 Å². The van der Waals surface area contributed by atoms with Crippen molar-refractivity contribution < 1.29 is 9.32 Å². The molecule has 0 unspecified atom stereocenters. The van der Waals surface area contributed by atoms with E-state index in [4.69, 9.17) is 4.52 Å². The SMILES string of the molecule is Cc1cnn(C)c1NC(=O)c1noc(C2(C)CC2)n1. The molecule has 1 N–H and O–H groups in total. The van der Waals surface area contributed by atoms with Gasteiger partial charge in [0.15, 0.2) is 0 Å². The Morgan fingerprint density at radius 3 is 2.84 bits per heavy atom. The molecular weight excluding hydrogens is 246 g/mol. The van der Waals surface area contributed by atoms with Gasteiger partial charge in [-0.05, 0) is 19.8 Å². The molecule has 1 aliphatic carbocycles. The van der Waals surface area contributed by atoms with Crippen LogP contribution in [-0.2, 0) is 12.5 Å². The fourth-order valence-electron chi connectivity index (χ4n) is 1.85. The van der Waals surface area contributed by atoms with Gasteiger partial charge >= 0.3 is 0 Å². The van der Waals surface area contributed by atoms with E-state index in [0.29, 0.717) is 11.7 Å². The molecule has 0 spiro atoms. The summed E-state index contributed by atoms with van der Waals surface area (Å²) in [7, 11) is 1.76. The van der Waals surface area contributed by atoms with Crippen LogP contribution in [0.3, 0.4) is 0 Å². The number of nitrogens with zero attached hydrogens (tertiary/aromatic N) is 4. The van der Waals surface area contributed by atoms with Gasteiger partial charge in [-0.1, -0.05) is 12.1 Å². The van der Waals surface area contributed by atoms with Crippen LogP contribution >= 0.6 is 0 Å². The zero-order chi connectivity index (χ0) is 13.6. The summed E-state index contributed by atoms with van der Waals surface area (Å²) in [6, 6.07) is 0. The second-order valence-electron chi connectivity index (χ2n) is 5.24. The van der Waals surface area contributed by atoms with Gasteiger partial charge in [0.1, 0.15) is 5.82 Å². The second-order valence-corrected chi connectivity index (χ2v) is 5.24. The van der Waals surface area contributed by atoms with E-state index >= 15 is 0 Å². The molecule has 3 rings (SSSR count). The van der Waals surface area contributed by atoms with E-state index in [0.717, 1.165) is 18.4 Å². The molecule has 1 fully saturated rings. The lowest BCUT2D eigenvalue weighted by atomic mass is 10.1. The highest BCUT2D eigenvalue weighted by molar-refractivity contribution is 6.01. The fraction of sp³-hybridized carbons (Fsp3) is 0.500. The highest BCUT2D eigenvalue weighted by atomic mass is 16.5. The van der Waals surface area contributed by atoms with Gasteiger partial charge in [0.05, 0.1) is 6.20 Å². The summed E-state index contributed by atoms with van der Waals surface area (Å²) in [5.74, 6) is 0.850. The van der Waals surface area contributed by atoms with Crippen molar-refractivity contribution in [2.45, 2.75) is 32.1 Å². The lowest BCUT2D eigenvalue weighted by molar-refractivity contribution is 0.101. The minimum absolute atomic E-state index is 0.0338. The first kappa shape index (κ1) is 11.9. The highest BCUT2D eigenvalue weighted by Gasteiger charge is 2.44. The molecule has 7 heteroatoms. The standard InChI is InChI=1S/C12H15N5O2/c1-7-6-13-17(3)9(7)15-10(18)8-14-11(19-16-8)12(2)4-5-12/h6H,4-5H2,1-3H3,(H,15,18). The van der Waals surface area contributed by atoms with E-state index in [1.165, 1.54) is 0 Å². The van der Waals surface area contributed by atoms with Gasteiger partial charge in [-0.25, -0.2) is 0 Å². The molecule has 100 valence electrons. The smallest absolute Gasteiger partial charge is 0.298 e. The monoisotopic (exact) mass is 261 g/mol. The number of carbonyl (C=O) groups excluding carboxylic acids is 1. The Bertz CT molecular complexity index is 619. The largest absolute Gasteiger partial charge is 0.338 e. The normalized spacial score (nSPS) is 16.4. The predicted octanol–water partition coefficient (Wildman–Crippen LogP) is 1.42. The van der Waals surface area contributed by atoms with Gasteiger partial charge in [0.2, 0.25) is 5.89 Å². The number of rotatable bonds is 3. The molecule has 0 saturated heterocycles. The average Bonchev–Trinajstić information content (AvgIpc) is 2.84. The van der Waals surface area contributed by atoms with Gasteiger partial charge in [-0.2, -0.15) is 10.1 Å². The molecule has 0 atom stereocenters. The van der Waals surface area contributed by atoms with Crippen LogP contribution < -0.4 is 5.32 Å². The van der Waals surface area contributed by atoms with Gasteiger partial charge in [-0.15, -0.1) is 0 Å². The van der Waals surface area contributed by atoms with Gasteiger partial charge < -0.3 is 9.84 Å². The Balaban J connectivity index is 1.79. The number of nitrogens with one attached hydrogen (secondary N) is 1. The lowest BCUT2D eigenvalue weighted by Crippen LogP contribution is -2.17. The number of aryl methyl sites for hydroxylation is 2. The van der Waals surface area contributed by atoms with Crippen molar-refractivity contribution in [2.75, 3.05) is 5.32 Å². The van der Waals surface area contributed by atoms with Crippen molar-refractivity contribution >= 4 is 11.7 Å². The zero-order valence-corrected chi connectivity index (χ0v) is 11.1. The van der Waals surface area contributed by atoms with Crippen LogP contribution in [0.5, 0.6) is 0 Å². The maximum Gasteiger partial charge on any atom is 0.298 e. The van der Waals surface area contributed by atoms with Crippen molar-refractivity contribution in [1.29, 1.82) is 0 Å². The molecule has 2 aromatic rings. The summed E-state index contributed by atoms with van der Waals surface area (Å²) in [6.07, 6.45) is 3.73. The first-order valence-corrected chi connectivity index (χ1v) is 6.14. The predicted molar refractivity (Wildman–Crippen MR) is 66.8 cm³/mol. The van der Waals surface area contributed by atoms with Gasteiger partial charge in [-0.3, -0.25) is 9.48 Å². The molecule has 19 heavy (non-hydrogen) atoms. The molecule has 1 amide bonds. The third kappa shape index (κ3) is 2.00. The van der Waals surface area contributed by atoms with Crippen LogP contribution in [0.2, 0.25) is 0 Å². The molecule has 1 aliphatic rings. The first-order valence-electron chi connectivity index (χ1n) is 6.14. The number of aromatic nitrogens is 4. The van der Waals surface area contributed by atoms with E-state index in [9.17, 15) is 4.79 Å². The van der Waals surface area contributed by atoms with Crippen molar-refractivity contribution in [2.24, 2.45) is 7.05 Å². The lowest BCUT2D eigenvalue weighted by Gasteiger charge is -2.03. The molecule has 2 aromatic heterocycles. The van der Waals surface area contributed by atoms with Crippen LogP contribution in [0.15, 0.2) is 10.7 Å². The molecule has 0 radical (unpaired) electrons. The molecular formula is C12H15N5O2. The number of carbonyl (C=O) groups is 1. The molecule has 7 nitrogen and oxygen atoms in total. The Morgan fingerprint density at radius 1 is 1.53 bits per heavy atom. The average molecular weight is 261 g/mol. The Morgan fingerprint density at radius 2 is 2.26 bits per heavy atom. The quantitative estimate of drug-likeness (QED) is 0.902. The maximum absolute atomic E-state index is 12.0. The van der Waals surface area contributed by atoms with Crippen LogP contribution in [0.25, 0.3) is 0 Å². The summed E-state index contributed by atoms with van der Waals surface area (Å²) < 4.78 is 6.74. The van der Waals surface area contributed by atoms with Crippen LogP contribution in [0, 0.1) is 6.92 Å². The van der Waals surface area contributed by atoms with Crippen molar-refractivity contribution in [3.8, 4) is 0 Å². The third-order valence-electron chi connectivity index (χ3n) is 3.50. The van der Waals surface area contributed by atoms with E-state index < -0.39 is 0 Å². The summed E-state index contributed by atoms with van der Waals surface area (Å²) in [5, 5.41) is 10.5. The Hall–Kier alpha value is -2.18. The van der Waals surface area contributed by atoms with Crippen LogP contribution in [0.4, 0.5) is 5.82 Å².